The van der Waals surface area contributed by atoms with E-state index in [1.54, 1.807) is 7.11 Å². The highest BCUT2D eigenvalue weighted by atomic mass is 16.5. The van der Waals surface area contributed by atoms with Crippen molar-refractivity contribution >= 4 is 5.88 Å². The minimum absolute atomic E-state index is 0.279. The Balaban J connectivity index is 1.51. The Morgan fingerprint density at radius 1 is 1.11 bits per heavy atom. The molecule has 0 aliphatic carbocycles. The molecule has 1 fully saturated rings. The molecule has 2 heterocycles. The number of benzene rings is 2. The zero-order valence-corrected chi connectivity index (χ0v) is 22.2. The summed E-state index contributed by atoms with van der Waals surface area (Å²) in [4.78, 5) is 4.64. The number of anilines is 1. The summed E-state index contributed by atoms with van der Waals surface area (Å²) in [5, 5.41) is 15.4. The maximum atomic E-state index is 10.9. The van der Waals surface area contributed by atoms with Gasteiger partial charge in [-0.1, -0.05) is 65.8 Å². The van der Waals surface area contributed by atoms with E-state index in [1.807, 2.05) is 48.5 Å². The topological polar surface area (TPSA) is 71.2 Å². The number of piperidine rings is 1. The molecule has 0 radical (unpaired) electrons. The van der Waals surface area contributed by atoms with Gasteiger partial charge in [0.25, 0.3) is 0 Å². The van der Waals surface area contributed by atoms with Crippen LogP contribution in [-0.2, 0) is 22.6 Å². The van der Waals surface area contributed by atoms with Crippen LogP contribution < -0.4 is 4.90 Å². The Labute approximate surface area is 221 Å². The monoisotopic (exact) mass is 507 g/mol. The van der Waals surface area contributed by atoms with Crippen molar-refractivity contribution in [1.82, 2.24) is 10.1 Å². The van der Waals surface area contributed by atoms with Crippen molar-refractivity contribution in [2.24, 2.45) is 0 Å². The largest absolute Gasteiger partial charge is 0.389 e. The number of hydrogen-bond acceptors (Lipinski definition) is 7. The van der Waals surface area contributed by atoms with Crippen molar-refractivity contribution < 1.29 is 19.1 Å². The first-order chi connectivity index (χ1) is 18.2. The number of aliphatic hydroxyl groups is 1. The number of rotatable bonds is 14. The maximum Gasteiger partial charge on any atom is 0.232 e. The molecular weight excluding hydrogens is 466 g/mol. The highest BCUT2D eigenvalue weighted by Crippen LogP contribution is 2.35. The average Bonchev–Trinajstić information content (AvgIpc) is 3.33. The van der Waals surface area contributed by atoms with Gasteiger partial charge in [-0.3, -0.25) is 4.90 Å². The number of aromatic nitrogens is 1. The summed E-state index contributed by atoms with van der Waals surface area (Å²) >= 11 is 0. The Kier molecular flexibility index (Phi) is 10.6. The molecular formula is C30H41N3O4. The van der Waals surface area contributed by atoms with Gasteiger partial charge in [0, 0.05) is 51.5 Å². The van der Waals surface area contributed by atoms with Gasteiger partial charge in [0.2, 0.25) is 5.88 Å². The Morgan fingerprint density at radius 2 is 1.86 bits per heavy atom. The molecule has 7 nitrogen and oxygen atoms in total. The predicted molar refractivity (Wildman–Crippen MR) is 146 cm³/mol. The second kappa shape index (κ2) is 14.3. The van der Waals surface area contributed by atoms with Gasteiger partial charge in [-0.2, -0.15) is 0 Å². The average molecular weight is 508 g/mol. The summed E-state index contributed by atoms with van der Waals surface area (Å²) in [6.45, 7) is 6.58. The summed E-state index contributed by atoms with van der Waals surface area (Å²) in [6, 6.07) is 20.7. The van der Waals surface area contributed by atoms with Crippen LogP contribution in [0.2, 0.25) is 0 Å². The third kappa shape index (κ3) is 7.89. The fraction of sp³-hybridized carbons (Fsp3) is 0.500. The quantitative estimate of drug-likeness (QED) is 0.303. The first-order valence-corrected chi connectivity index (χ1v) is 13.5. The van der Waals surface area contributed by atoms with Gasteiger partial charge in [0.05, 0.1) is 24.9 Å². The van der Waals surface area contributed by atoms with Gasteiger partial charge >= 0.3 is 0 Å². The summed E-state index contributed by atoms with van der Waals surface area (Å²) < 4.78 is 17.2. The van der Waals surface area contributed by atoms with Crippen LogP contribution in [0, 0.1) is 0 Å². The molecule has 3 aromatic rings. The molecule has 1 aliphatic rings. The van der Waals surface area contributed by atoms with Crippen molar-refractivity contribution in [2.75, 3.05) is 44.9 Å². The van der Waals surface area contributed by atoms with Gasteiger partial charge in [-0.25, -0.2) is 0 Å². The van der Waals surface area contributed by atoms with Crippen LogP contribution in [0.25, 0.3) is 11.3 Å². The molecule has 7 heteroatoms. The lowest BCUT2D eigenvalue weighted by Gasteiger charge is -2.34. The molecule has 200 valence electrons. The van der Waals surface area contributed by atoms with Crippen LogP contribution in [-0.4, -0.2) is 67.3 Å². The van der Waals surface area contributed by atoms with Gasteiger partial charge in [0.1, 0.15) is 5.69 Å². The Bertz CT molecular complexity index is 1040. The van der Waals surface area contributed by atoms with E-state index < -0.39 is 6.10 Å². The minimum atomic E-state index is -0.608. The van der Waals surface area contributed by atoms with Crippen LogP contribution in [0.3, 0.4) is 0 Å². The molecule has 1 saturated heterocycles. The molecule has 1 N–H and O–H groups in total. The van der Waals surface area contributed by atoms with Crippen LogP contribution in [0.15, 0.2) is 65.2 Å². The third-order valence-corrected chi connectivity index (χ3v) is 6.97. The molecule has 0 amide bonds. The molecule has 0 saturated carbocycles. The molecule has 4 rings (SSSR count). The zero-order chi connectivity index (χ0) is 25.9. The van der Waals surface area contributed by atoms with E-state index in [1.165, 1.54) is 6.42 Å². The van der Waals surface area contributed by atoms with Crippen molar-refractivity contribution in [3.8, 4) is 11.3 Å². The molecule has 0 bridgehead atoms. The first-order valence-electron chi connectivity index (χ1n) is 13.5. The third-order valence-electron chi connectivity index (χ3n) is 6.97. The standard InChI is InChI=1S/C30H41N3O4/c1-24-12-9-10-18-33(24)30-28(29(31-37-30)26-15-7-4-8-16-26)21-32(17-11-19-35-2)20-27(34)23-36-22-25-13-5-3-6-14-25/h3-8,13-16,24,27,34H,9-12,17-23H2,1-2H3. The lowest BCUT2D eigenvalue weighted by Crippen LogP contribution is -2.39. The number of hydrogen-bond donors (Lipinski definition) is 1. The van der Waals surface area contributed by atoms with Crippen LogP contribution in [0.5, 0.6) is 0 Å². The van der Waals surface area contributed by atoms with Crippen molar-refractivity contribution in [3.63, 3.8) is 0 Å². The van der Waals surface area contributed by atoms with E-state index >= 15 is 0 Å². The summed E-state index contributed by atoms with van der Waals surface area (Å²) in [5.74, 6) is 0.859. The summed E-state index contributed by atoms with van der Waals surface area (Å²) in [7, 11) is 1.72. The fourth-order valence-corrected chi connectivity index (χ4v) is 5.02. The highest BCUT2D eigenvalue weighted by Gasteiger charge is 2.29. The van der Waals surface area contributed by atoms with Crippen molar-refractivity contribution in [3.05, 3.63) is 71.8 Å². The van der Waals surface area contributed by atoms with Gasteiger partial charge in [-0.05, 0) is 38.2 Å². The molecule has 2 unspecified atom stereocenters. The van der Waals surface area contributed by atoms with Gasteiger partial charge in [0.15, 0.2) is 0 Å². The van der Waals surface area contributed by atoms with E-state index in [4.69, 9.17) is 14.0 Å². The molecule has 2 aromatic carbocycles. The van der Waals surface area contributed by atoms with Gasteiger partial charge < -0.3 is 24.0 Å². The van der Waals surface area contributed by atoms with Gasteiger partial charge in [-0.15, -0.1) is 0 Å². The van der Waals surface area contributed by atoms with Crippen LogP contribution >= 0.6 is 0 Å². The smallest absolute Gasteiger partial charge is 0.232 e. The Morgan fingerprint density at radius 3 is 2.59 bits per heavy atom. The molecule has 37 heavy (non-hydrogen) atoms. The predicted octanol–water partition coefficient (Wildman–Crippen LogP) is 5.14. The maximum absolute atomic E-state index is 10.9. The van der Waals surface area contributed by atoms with Crippen molar-refractivity contribution in [2.45, 2.75) is 57.9 Å². The lowest BCUT2D eigenvalue weighted by molar-refractivity contribution is 0.00740. The number of ether oxygens (including phenoxy) is 2. The van der Waals surface area contributed by atoms with E-state index in [-0.39, 0.29) is 6.61 Å². The second-order valence-corrected chi connectivity index (χ2v) is 9.96. The fourth-order valence-electron chi connectivity index (χ4n) is 5.02. The van der Waals surface area contributed by atoms with Crippen molar-refractivity contribution in [1.29, 1.82) is 0 Å². The van der Waals surface area contributed by atoms with Crippen LogP contribution in [0.1, 0.15) is 43.7 Å². The SMILES string of the molecule is COCCCN(Cc1c(-c2ccccc2)noc1N1CCCCC1C)CC(O)COCc1ccccc1. The first kappa shape index (κ1) is 27.3. The van der Waals surface area contributed by atoms with E-state index in [2.05, 4.69) is 34.0 Å². The minimum Gasteiger partial charge on any atom is -0.389 e. The summed E-state index contributed by atoms with van der Waals surface area (Å²) in [6.07, 6.45) is 3.81. The van der Waals surface area contributed by atoms with E-state index in [9.17, 15) is 5.11 Å². The molecule has 2 atom stereocenters. The lowest BCUT2D eigenvalue weighted by atomic mass is 10.0. The zero-order valence-electron chi connectivity index (χ0n) is 22.2. The number of methoxy groups -OCH3 is 1. The highest BCUT2D eigenvalue weighted by molar-refractivity contribution is 5.68. The van der Waals surface area contributed by atoms with E-state index in [0.717, 1.165) is 60.6 Å². The normalized spacial score (nSPS) is 16.9. The number of aliphatic hydroxyl groups excluding tert-OH is 1. The summed E-state index contributed by atoms with van der Waals surface area (Å²) in [5.41, 5.74) is 4.10. The number of nitrogens with zero attached hydrogens (tertiary/aromatic N) is 3. The molecule has 1 aromatic heterocycles. The second-order valence-electron chi connectivity index (χ2n) is 9.96. The van der Waals surface area contributed by atoms with Crippen LogP contribution in [0.4, 0.5) is 5.88 Å². The molecule has 0 spiro atoms. The molecule has 1 aliphatic heterocycles. The Hall–Kier alpha value is -2.71. The van der Waals surface area contributed by atoms with E-state index in [0.29, 0.717) is 32.3 Å².